The molecule has 138 heavy (non-hydrogen) atoms. The normalized spacial score (nSPS) is 15.7. The van der Waals surface area contributed by atoms with Crippen LogP contribution in [0.5, 0.6) is 5.75 Å². The summed E-state index contributed by atoms with van der Waals surface area (Å²) in [6.07, 6.45) is 1.40. The summed E-state index contributed by atoms with van der Waals surface area (Å²) >= 11 is 8.35. The number of amides is 18. The number of aliphatic hydroxyl groups is 1. The summed E-state index contributed by atoms with van der Waals surface area (Å²) in [4.78, 5) is 270. The van der Waals surface area contributed by atoms with Crippen LogP contribution in [-0.4, -0.2) is 283 Å². The molecule has 1 aliphatic heterocycles. The van der Waals surface area contributed by atoms with Crippen molar-refractivity contribution in [3.63, 3.8) is 0 Å². The second kappa shape index (κ2) is 56.1. The van der Waals surface area contributed by atoms with E-state index in [1.165, 1.54) is 43.0 Å². The number of phenols is 1. The van der Waals surface area contributed by atoms with Gasteiger partial charge in [-0.25, -0.2) is 0 Å². The number of rotatable bonds is 57. The summed E-state index contributed by atoms with van der Waals surface area (Å²) in [5.74, 6) is -18.9. The molecule has 46 heteroatoms. The molecule has 0 saturated carbocycles. The van der Waals surface area contributed by atoms with Crippen LogP contribution in [0.25, 0.3) is 21.8 Å². The predicted octanol–water partition coefficient (Wildman–Crippen LogP) is -3.09. The number of nitrogens with zero attached hydrogens (tertiary/aromatic N) is 1. The summed E-state index contributed by atoms with van der Waals surface area (Å²) in [5.41, 5.74) is 20.3. The van der Waals surface area contributed by atoms with Gasteiger partial charge in [-0.3, -0.25) is 91.1 Å². The molecule has 0 radical (unpaired) electrons. The van der Waals surface area contributed by atoms with Gasteiger partial charge in [-0.1, -0.05) is 104 Å². The SMILES string of the molecule is CC(C)C[C@H](NC(=O)[C@H](Cc1c[nH]c2ccccc12)NC(=O)CNC(=O)[C@@H]1CCCN1C(=O)[C@H](Cc1ccc(O)cc1)NC(=O)[C@H](CCCCN)NC(=O)[C@@H](NC(=O)CNC(=O)[C@H](CC(C)C)NC(=O)[C@@H](NC(=O)[C@H](CCC(N)=O)NC(=O)[C@H](CS)NC(=O)[C@@H](N)CC(C)C)[C@@H](C)O)C(C)C)C(=O)N[C@@H](C)C(=O)NCC(=O)N[C@@H](Cc1c[nH]c2ccccc12)C(=O)N[C@@H](CS)C(=O)N[C@@H](C)C(=O)O. The Morgan fingerprint density at radius 1 is 0.442 bits per heavy atom. The van der Waals surface area contributed by atoms with Gasteiger partial charge >= 0.3 is 5.97 Å². The van der Waals surface area contributed by atoms with Crippen molar-refractivity contribution in [3.8, 4) is 5.75 Å². The highest BCUT2D eigenvalue weighted by atomic mass is 32.1. The molecule has 0 unspecified atom stereocenters. The van der Waals surface area contributed by atoms with E-state index in [4.69, 9.17) is 17.2 Å². The third-order valence-electron chi connectivity index (χ3n) is 22.7. The number of carboxylic acids is 1. The zero-order valence-electron chi connectivity index (χ0n) is 79.4. The van der Waals surface area contributed by atoms with E-state index in [0.717, 1.165) is 12.4 Å². The van der Waals surface area contributed by atoms with E-state index >= 15 is 4.79 Å². The third kappa shape index (κ3) is 36.5. The molecular weight excluding hydrogens is 1830 g/mol. The van der Waals surface area contributed by atoms with Crippen molar-refractivity contribution in [2.24, 2.45) is 40.9 Å². The van der Waals surface area contributed by atoms with Gasteiger partial charge in [0.05, 0.1) is 31.8 Å². The summed E-state index contributed by atoms with van der Waals surface area (Å²) < 4.78 is 0. The van der Waals surface area contributed by atoms with Gasteiger partial charge in [0.2, 0.25) is 106 Å². The van der Waals surface area contributed by atoms with Crippen molar-refractivity contribution in [2.45, 2.75) is 256 Å². The van der Waals surface area contributed by atoms with Crippen molar-refractivity contribution >= 4 is 159 Å². The number of likely N-dealkylation sites (tertiary alicyclic amines) is 1. The van der Waals surface area contributed by atoms with Crippen LogP contribution in [0.15, 0.2) is 85.2 Å². The monoisotopic (exact) mass is 1960 g/mol. The molecule has 758 valence electrons. The van der Waals surface area contributed by atoms with Gasteiger partial charge < -0.3 is 132 Å². The highest BCUT2D eigenvalue weighted by molar-refractivity contribution is 7.80. The van der Waals surface area contributed by atoms with Crippen molar-refractivity contribution in [1.82, 2.24) is 99.9 Å². The number of hydrogen-bond donors (Lipinski definition) is 26. The number of nitrogens with two attached hydrogens (primary N) is 3. The van der Waals surface area contributed by atoms with E-state index < -0.39 is 247 Å². The number of aliphatic carboxylic acids is 1. The fourth-order valence-electron chi connectivity index (χ4n) is 15.2. The molecule has 1 fully saturated rings. The Morgan fingerprint density at radius 2 is 0.870 bits per heavy atom. The average Bonchev–Trinajstić information content (AvgIpc) is 1.69. The zero-order valence-corrected chi connectivity index (χ0v) is 81.2. The van der Waals surface area contributed by atoms with E-state index in [9.17, 15) is 102 Å². The number of primary amides is 1. The highest BCUT2D eigenvalue weighted by Gasteiger charge is 2.42. The molecule has 0 bridgehead atoms. The van der Waals surface area contributed by atoms with Crippen LogP contribution in [0.3, 0.4) is 0 Å². The van der Waals surface area contributed by atoms with Crippen molar-refractivity contribution < 1.29 is 106 Å². The minimum absolute atomic E-state index is 0.000448. The number of nitrogens with one attached hydrogen (secondary N) is 18. The van der Waals surface area contributed by atoms with Crippen LogP contribution in [0.1, 0.15) is 157 Å². The maximum atomic E-state index is 15.2. The molecule has 2 aromatic heterocycles. The fraction of sp³-hybridized carbons (Fsp3) is 0.554. The highest BCUT2D eigenvalue weighted by Crippen LogP contribution is 2.25. The Kier molecular flexibility index (Phi) is 46.2. The Balaban J connectivity index is 1.12. The lowest BCUT2D eigenvalue weighted by Gasteiger charge is -2.30. The van der Waals surface area contributed by atoms with Gasteiger partial charge in [-0.15, -0.1) is 0 Å². The molecular formula is C92H136N22O22S2. The zero-order chi connectivity index (χ0) is 102. The van der Waals surface area contributed by atoms with Gasteiger partial charge in [-0.05, 0) is 150 Å². The summed E-state index contributed by atoms with van der Waals surface area (Å²) in [6, 6.07) is -0.845. The van der Waals surface area contributed by atoms with Crippen LogP contribution in [-0.2, 0) is 110 Å². The van der Waals surface area contributed by atoms with Gasteiger partial charge in [0.25, 0.3) is 0 Å². The number of benzene rings is 3. The molecule has 18 amide bonds. The lowest BCUT2D eigenvalue weighted by Crippen LogP contribution is -2.61. The third-order valence-corrected chi connectivity index (χ3v) is 23.4. The number of carbonyl (C=O) groups is 19. The number of para-hydroxylation sites is 2. The van der Waals surface area contributed by atoms with E-state index in [-0.39, 0.29) is 112 Å². The summed E-state index contributed by atoms with van der Waals surface area (Å²) in [7, 11) is 0. The number of aliphatic hydroxyl groups excluding tert-OH is 1. The number of thiol groups is 2. The van der Waals surface area contributed by atoms with Crippen LogP contribution < -0.4 is 102 Å². The van der Waals surface area contributed by atoms with Crippen molar-refractivity contribution in [1.29, 1.82) is 0 Å². The maximum Gasteiger partial charge on any atom is 0.325 e. The average molecular weight is 1970 g/mol. The molecule has 0 spiro atoms. The molecule has 44 nitrogen and oxygen atoms in total. The fourth-order valence-corrected chi connectivity index (χ4v) is 15.7. The van der Waals surface area contributed by atoms with Crippen molar-refractivity contribution in [3.05, 3.63) is 102 Å². The first-order valence-electron chi connectivity index (χ1n) is 46.0. The lowest BCUT2D eigenvalue weighted by molar-refractivity contribution is -0.142. The maximum absolute atomic E-state index is 15.2. The summed E-state index contributed by atoms with van der Waals surface area (Å²) in [6.45, 7) is 15.4. The number of unbranched alkanes of at least 4 members (excludes halogenated alkanes) is 1. The number of aromatic nitrogens is 2. The number of aromatic amines is 2. The minimum atomic E-state index is -1.80. The van der Waals surface area contributed by atoms with Crippen LogP contribution in [0.4, 0.5) is 0 Å². The first-order valence-corrected chi connectivity index (χ1v) is 47.3. The van der Waals surface area contributed by atoms with Gasteiger partial charge in [0.15, 0.2) is 0 Å². The molecule has 0 aliphatic carbocycles. The van der Waals surface area contributed by atoms with Gasteiger partial charge in [-0.2, -0.15) is 25.3 Å². The number of aromatic hydroxyl groups is 1. The molecule has 1 aliphatic rings. The number of carbonyl (C=O) groups excluding carboxylic acids is 18. The molecule has 27 N–H and O–H groups in total. The summed E-state index contributed by atoms with van der Waals surface area (Å²) in [5, 5.41) is 72.6. The van der Waals surface area contributed by atoms with E-state index in [0.29, 0.717) is 39.4 Å². The largest absolute Gasteiger partial charge is 0.508 e. The number of fused-ring (bicyclic) bond motifs is 2. The predicted molar refractivity (Wildman–Crippen MR) is 516 cm³/mol. The van der Waals surface area contributed by atoms with Crippen molar-refractivity contribution in [2.75, 3.05) is 44.2 Å². The van der Waals surface area contributed by atoms with Gasteiger partial charge in [0, 0.05) is 77.9 Å². The molecule has 3 aromatic carbocycles. The van der Waals surface area contributed by atoms with Gasteiger partial charge in [0.1, 0.15) is 90.3 Å². The molecule has 6 rings (SSSR count). The number of carboxylic acid groups (broad SMARTS) is 1. The van der Waals surface area contributed by atoms with E-state index in [2.05, 4.69) is 120 Å². The van der Waals surface area contributed by atoms with E-state index in [1.54, 1.807) is 102 Å². The number of hydrogen-bond acceptors (Lipinski definition) is 25. The number of phenolic OH excluding ortho intramolecular Hbond substituents is 1. The van der Waals surface area contributed by atoms with Crippen LogP contribution in [0.2, 0.25) is 0 Å². The Hall–Kier alpha value is -13.0. The van der Waals surface area contributed by atoms with Crippen LogP contribution in [0, 0.1) is 23.7 Å². The lowest BCUT2D eigenvalue weighted by atomic mass is 10.0. The Bertz CT molecular complexity index is 5070. The first-order chi connectivity index (χ1) is 65.2. The molecule has 3 heterocycles. The van der Waals surface area contributed by atoms with Crippen LogP contribution >= 0.6 is 25.3 Å². The number of H-pyrrole nitrogens is 2. The topological polar surface area (TPSA) is 690 Å². The second-order valence-electron chi connectivity index (χ2n) is 36.0. The smallest absolute Gasteiger partial charge is 0.325 e. The van der Waals surface area contributed by atoms with E-state index in [1.807, 2.05) is 13.8 Å². The molecule has 1 saturated heterocycles. The Morgan fingerprint density at radius 3 is 1.38 bits per heavy atom. The molecule has 5 aromatic rings. The second-order valence-corrected chi connectivity index (χ2v) is 36.7. The minimum Gasteiger partial charge on any atom is -0.508 e. The Labute approximate surface area is 810 Å². The molecule has 16 atom stereocenters. The first kappa shape index (κ1) is 114. The standard InChI is InChI=1S/C92H136N22O22S2/c1-46(2)33-59(94)79(122)110-70(45-138)87(130)105-63(29-30-72(95)117)82(125)113-77(52(11)115)90(133)108-64(34-47(3)4)80(123)99-43-75(120)112-76(49(7)8)89(132)106-62(23-16-17-31-93)81(124)109-68(36-53-25-27-56(116)28-26-53)91(134)114-32-18-24-71(114)88(131)100-42-74(119)103-66(37-54-39-96-60-21-14-12-19-57(54)60)84(127)107-65(35-48(5)6)83(126)101-50(9)78(121)98-41-73(118)104-67(38-55-40-97-61-22-15-13-20-58(55)61)85(128)111-69(44-137)86(129)102-51(10)92(135)136/h12-15,19-22,25-28,39-40,46-52,59,62-71,76-77,96-97,115-116,137-138H,16-18,23-24,29-38,41-45,93-94H2,1-11H3,(H2,95,117)(H,98,121)(H,99,123)(H,100,131)(H,101,126)(H,102,129)(H,103,119)(H,104,118)(H,105,130)(H,106,132)(H,107,127)(H,108,133)(H,109,124)(H,110,122)(H,111,128)(H,112,120)(H,113,125)(H,135,136)/t50-,51-,52+,59-,62-,63-,64-,65-,66-,67-,68-,69-,70-,71-,76-,77-/m0/s1. The quantitative estimate of drug-likeness (QED) is 0.0135.